The molecule has 0 saturated heterocycles. The van der Waals surface area contributed by atoms with Gasteiger partial charge in [-0.1, -0.05) is 23.7 Å². The van der Waals surface area contributed by atoms with Crippen LogP contribution in [0.1, 0.15) is 16.8 Å². The van der Waals surface area contributed by atoms with E-state index in [0.717, 1.165) is 12.0 Å². The fraction of sp³-hybridized carbons (Fsp3) is 0.222. The van der Waals surface area contributed by atoms with Gasteiger partial charge in [-0.15, -0.1) is 5.10 Å². The largest absolute Gasteiger partial charge is 0.489 e. The minimum Gasteiger partial charge on any atom is -0.489 e. The van der Waals surface area contributed by atoms with Crippen LogP contribution >= 0.6 is 11.6 Å². The van der Waals surface area contributed by atoms with E-state index in [2.05, 4.69) is 20.8 Å². The van der Waals surface area contributed by atoms with Gasteiger partial charge in [0, 0.05) is 30.3 Å². The second-order valence-corrected chi connectivity index (χ2v) is 6.40. The molecule has 0 bridgehead atoms. The van der Waals surface area contributed by atoms with Crippen molar-refractivity contribution in [1.29, 1.82) is 0 Å². The first-order valence-corrected chi connectivity index (χ1v) is 8.73. The van der Waals surface area contributed by atoms with Gasteiger partial charge in [-0.05, 0) is 34.7 Å². The lowest BCUT2D eigenvalue weighted by atomic mass is 10.1. The Morgan fingerprint density at radius 2 is 2.07 bits per heavy atom. The molecule has 1 aromatic heterocycles. The molecule has 0 aliphatic carbocycles. The predicted molar refractivity (Wildman–Crippen MR) is 99.2 cm³/mol. The number of nitrogens with zero attached hydrogens (tertiary/aromatic N) is 4. The van der Waals surface area contributed by atoms with Crippen molar-refractivity contribution < 1.29 is 14.3 Å². The van der Waals surface area contributed by atoms with Crippen LogP contribution in [0.25, 0.3) is 11.4 Å². The Balaban J connectivity index is 1.59. The Kier molecular flexibility index (Phi) is 4.64. The Bertz CT molecular complexity index is 1000. The summed E-state index contributed by atoms with van der Waals surface area (Å²) in [5, 5.41) is 14.6. The van der Waals surface area contributed by atoms with Crippen LogP contribution in [-0.2, 0) is 7.05 Å². The number of rotatable bonds is 3. The van der Waals surface area contributed by atoms with E-state index in [-0.39, 0.29) is 5.91 Å². The number of fused-ring (bicyclic) bond motifs is 1. The maximum Gasteiger partial charge on any atom is 0.255 e. The third kappa shape index (κ3) is 3.56. The maximum atomic E-state index is 12.7. The third-order valence-electron chi connectivity index (χ3n) is 4.06. The molecule has 0 spiro atoms. The van der Waals surface area contributed by atoms with Gasteiger partial charge in [-0.3, -0.25) is 4.79 Å². The Labute approximate surface area is 160 Å². The highest BCUT2D eigenvalue weighted by Gasteiger charge is 2.19. The predicted octanol–water partition coefficient (Wildman–Crippen LogP) is 2.94. The second kappa shape index (κ2) is 7.24. The normalized spacial score (nSPS) is 13.1. The quantitative estimate of drug-likeness (QED) is 0.745. The summed E-state index contributed by atoms with van der Waals surface area (Å²) < 4.78 is 12.8. The smallest absolute Gasteiger partial charge is 0.255 e. The standard InChI is InChI=1S/C18H16ClN5O3/c1-24-17(21-22-23-24)11-4-2-5-13(8-11)20-18(25)12-9-14(19)16-15(10-12)26-6-3-7-27-16/h2,4-5,8-10H,3,6-7H2,1H3,(H,20,25). The van der Waals surface area contributed by atoms with Crippen molar-refractivity contribution in [2.45, 2.75) is 6.42 Å². The SMILES string of the molecule is Cn1nnnc1-c1cccc(NC(=O)c2cc(Cl)c3c(c2)OCCCO3)c1. The molecule has 4 rings (SSSR count). The number of hydrogen-bond acceptors (Lipinski definition) is 6. The summed E-state index contributed by atoms with van der Waals surface area (Å²) in [7, 11) is 1.75. The fourth-order valence-electron chi connectivity index (χ4n) is 2.78. The molecule has 138 valence electrons. The van der Waals surface area contributed by atoms with E-state index in [1.807, 2.05) is 12.1 Å². The first-order chi connectivity index (χ1) is 13.1. The minimum absolute atomic E-state index is 0.305. The van der Waals surface area contributed by atoms with E-state index in [9.17, 15) is 4.79 Å². The van der Waals surface area contributed by atoms with Crippen LogP contribution in [-0.4, -0.2) is 39.3 Å². The summed E-state index contributed by atoms with van der Waals surface area (Å²) >= 11 is 6.27. The number of nitrogens with one attached hydrogen (secondary N) is 1. The number of amides is 1. The van der Waals surface area contributed by atoms with E-state index >= 15 is 0 Å². The van der Waals surface area contributed by atoms with Crippen LogP contribution in [0.5, 0.6) is 11.5 Å². The molecule has 8 nitrogen and oxygen atoms in total. The first-order valence-electron chi connectivity index (χ1n) is 8.35. The first kappa shape index (κ1) is 17.3. The van der Waals surface area contributed by atoms with Crippen molar-refractivity contribution in [2.24, 2.45) is 7.05 Å². The zero-order chi connectivity index (χ0) is 18.8. The molecular formula is C18H16ClN5O3. The lowest BCUT2D eigenvalue weighted by Gasteiger charge is -2.12. The maximum absolute atomic E-state index is 12.7. The van der Waals surface area contributed by atoms with Gasteiger partial charge >= 0.3 is 0 Å². The summed E-state index contributed by atoms with van der Waals surface area (Å²) in [4.78, 5) is 12.7. The molecule has 1 aliphatic heterocycles. The Hall–Kier alpha value is -3.13. The van der Waals surface area contributed by atoms with Gasteiger partial charge in [0.1, 0.15) is 0 Å². The summed E-state index contributed by atoms with van der Waals surface area (Å²) in [6, 6.07) is 10.5. The number of tetrazole rings is 1. The Morgan fingerprint density at radius 3 is 2.89 bits per heavy atom. The van der Waals surface area contributed by atoms with E-state index < -0.39 is 0 Å². The van der Waals surface area contributed by atoms with Gasteiger partial charge in [0.2, 0.25) is 0 Å². The van der Waals surface area contributed by atoms with Gasteiger partial charge in [-0.2, -0.15) is 0 Å². The molecule has 27 heavy (non-hydrogen) atoms. The molecule has 3 aromatic rings. The van der Waals surface area contributed by atoms with Crippen molar-refractivity contribution >= 4 is 23.2 Å². The Morgan fingerprint density at radius 1 is 1.22 bits per heavy atom. The third-order valence-corrected chi connectivity index (χ3v) is 4.34. The lowest BCUT2D eigenvalue weighted by Crippen LogP contribution is -2.12. The number of aryl methyl sites for hydroxylation is 1. The fourth-order valence-corrected chi connectivity index (χ4v) is 3.04. The second-order valence-electron chi connectivity index (χ2n) is 6.00. The number of benzene rings is 2. The zero-order valence-corrected chi connectivity index (χ0v) is 15.2. The van der Waals surface area contributed by atoms with Crippen molar-refractivity contribution in [3.63, 3.8) is 0 Å². The highest BCUT2D eigenvalue weighted by molar-refractivity contribution is 6.32. The van der Waals surface area contributed by atoms with Gasteiger partial charge in [0.05, 0.1) is 18.2 Å². The number of halogens is 1. The monoisotopic (exact) mass is 385 g/mol. The average molecular weight is 386 g/mol. The molecular weight excluding hydrogens is 370 g/mol. The number of anilines is 1. The van der Waals surface area contributed by atoms with Crippen LogP contribution in [0.2, 0.25) is 5.02 Å². The molecule has 1 N–H and O–H groups in total. The molecule has 0 radical (unpaired) electrons. The van der Waals surface area contributed by atoms with E-state index in [1.54, 1.807) is 36.0 Å². The van der Waals surface area contributed by atoms with Crippen molar-refractivity contribution in [2.75, 3.05) is 18.5 Å². The molecule has 0 unspecified atom stereocenters. The average Bonchev–Trinajstić information content (AvgIpc) is 2.94. The molecule has 2 heterocycles. The van der Waals surface area contributed by atoms with Gasteiger partial charge in [-0.25, -0.2) is 4.68 Å². The van der Waals surface area contributed by atoms with E-state index in [0.29, 0.717) is 46.8 Å². The number of ether oxygens (including phenoxy) is 2. The van der Waals surface area contributed by atoms with Crippen LogP contribution in [0.4, 0.5) is 5.69 Å². The summed E-state index contributed by atoms with van der Waals surface area (Å²) in [6.07, 6.45) is 0.760. The zero-order valence-electron chi connectivity index (χ0n) is 14.5. The molecule has 0 saturated carbocycles. The summed E-state index contributed by atoms with van der Waals surface area (Å²) in [5.74, 6) is 1.25. The van der Waals surface area contributed by atoms with E-state index in [1.165, 1.54) is 0 Å². The van der Waals surface area contributed by atoms with Gasteiger partial charge in [0.25, 0.3) is 5.91 Å². The van der Waals surface area contributed by atoms with Crippen molar-refractivity contribution in [3.05, 3.63) is 47.0 Å². The number of aromatic nitrogens is 4. The highest BCUT2D eigenvalue weighted by Crippen LogP contribution is 2.38. The van der Waals surface area contributed by atoms with Gasteiger partial charge in [0.15, 0.2) is 17.3 Å². The van der Waals surface area contributed by atoms with Crippen LogP contribution < -0.4 is 14.8 Å². The molecule has 0 atom stereocenters. The van der Waals surface area contributed by atoms with Crippen LogP contribution in [0, 0.1) is 0 Å². The minimum atomic E-state index is -0.305. The van der Waals surface area contributed by atoms with Gasteiger partial charge < -0.3 is 14.8 Å². The topological polar surface area (TPSA) is 91.2 Å². The molecule has 1 amide bonds. The molecule has 9 heteroatoms. The highest BCUT2D eigenvalue weighted by atomic mass is 35.5. The van der Waals surface area contributed by atoms with Crippen LogP contribution in [0.3, 0.4) is 0 Å². The number of carbonyl (C=O) groups excluding carboxylic acids is 1. The van der Waals surface area contributed by atoms with E-state index in [4.69, 9.17) is 21.1 Å². The number of hydrogen-bond donors (Lipinski definition) is 1. The van der Waals surface area contributed by atoms with Crippen molar-refractivity contribution in [3.8, 4) is 22.9 Å². The molecule has 2 aromatic carbocycles. The van der Waals surface area contributed by atoms with Crippen molar-refractivity contribution in [1.82, 2.24) is 20.2 Å². The molecule has 0 fully saturated rings. The molecule has 1 aliphatic rings. The van der Waals surface area contributed by atoms with Crippen LogP contribution in [0.15, 0.2) is 36.4 Å². The summed E-state index contributed by atoms with van der Waals surface area (Å²) in [6.45, 7) is 1.05. The summed E-state index contributed by atoms with van der Waals surface area (Å²) in [5.41, 5.74) is 1.79. The lowest BCUT2D eigenvalue weighted by molar-refractivity contribution is 0.102. The number of carbonyl (C=O) groups is 1.